The Bertz CT molecular complexity index is 600. The van der Waals surface area contributed by atoms with Crippen molar-refractivity contribution < 1.29 is 9.21 Å². The number of para-hydroxylation sites is 1. The zero-order valence-corrected chi connectivity index (χ0v) is 15.2. The fourth-order valence-corrected chi connectivity index (χ4v) is 1.87. The van der Waals surface area contributed by atoms with Crippen LogP contribution < -0.4 is 16.0 Å². The topological polar surface area (TPSA) is 78.7 Å². The minimum atomic E-state index is -0.125. The quantitative estimate of drug-likeness (QED) is 0.375. The molecule has 0 saturated heterocycles. The molecular formula is C16H21IN4O2. The number of guanidine groups is 1. The molecule has 0 bridgehead atoms. The summed E-state index contributed by atoms with van der Waals surface area (Å²) in [6.45, 7) is 0.822. The Morgan fingerprint density at radius 2 is 1.91 bits per heavy atom. The standard InChI is InChI=1S/C16H20N4O2.HI/c1-17-16(18-10-9-14-8-5-11-22-14)19-12-15(21)20-13-6-3-2-4-7-13;/h2-8,11H,9-10,12H2,1H3,(H,20,21)(H2,17,18,19);1H. The van der Waals surface area contributed by atoms with E-state index in [9.17, 15) is 4.79 Å². The van der Waals surface area contributed by atoms with Gasteiger partial charge in [0, 0.05) is 25.7 Å². The molecule has 0 aliphatic rings. The minimum absolute atomic E-state index is 0. The number of benzene rings is 1. The zero-order chi connectivity index (χ0) is 15.6. The molecule has 3 N–H and O–H groups in total. The van der Waals surface area contributed by atoms with Crippen molar-refractivity contribution in [1.82, 2.24) is 10.6 Å². The van der Waals surface area contributed by atoms with E-state index in [4.69, 9.17) is 4.42 Å². The van der Waals surface area contributed by atoms with E-state index in [-0.39, 0.29) is 36.4 Å². The van der Waals surface area contributed by atoms with Crippen LogP contribution in [0.5, 0.6) is 0 Å². The number of anilines is 1. The first-order valence-electron chi connectivity index (χ1n) is 7.10. The van der Waals surface area contributed by atoms with Crippen molar-refractivity contribution in [2.24, 2.45) is 4.99 Å². The SMILES string of the molecule is CN=C(NCCc1ccco1)NCC(=O)Nc1ccccc1.I. The van der Waals surface area contributed by atoms with Gasteiger partial charge < -0.3 is 20.4 Å². The third-order valence-electron chi connectivity index (χ3n) is 2.94. The summed E-state index contributed by atoms with van der Waals surface area (Å²) in [5.41, 5.74) is 0.773. The van der Waals surface area contributed by atoms with Crippen LogP contribution >= 0.6 is 24.0 Å². The summed E-state index contributed by atoms with van der Waals surface area (Å²) in [6, 6.07) is 13.1. The van der Waals surface area contributed by atoms with Crippen molar-refractivity contribution >= 4 is 41.5 Å². The van der Waals surface area contributed by atoms with E-state index < -0.39 is 0 Å². The summed E-state index contributed by atoms with van der Waals surface area (Å²) in [6.07, 6.45) is 2.40. The summed E-state index contributed by atoms with van der Waals surface area (Å²) >= 11 is 0. The summed E-state index contributed by atoms with van der Waals surface area (Å²) in [4.78, 5) is 15.9. The lowest BCUT2D eigenvalue weighted by atomic mass is 10.3. The Kier molecular flexibility index (Phi) is 8.81. The monoisotopic (exact) mass is 428 g/mol. The number of nitrogens with one attached hydrogen (secondary N) is 3. The number of nitrogens with zero attached hydrogens (tertiary/aromatic N) is 1. The van der Waals surface area contributed by atoms with Crippen LogP contribution in [0.4, 0.5) is 5.69 Å². The Morgan fingerprint density at radius 1 is 1.13 bits per heavy atom. The summed E-state index contributed by atoms with van der Waals surface area (Å²) < 4.78 is 5.25. The van der Waals surface area contributed by atoms with E-state index in [2.05, 4.69) is 20.9 Å². The smallest absolute Gasteiger partial charge is 0.243 e. The van der Waals surface area contributed by atoms with Gasteiger partial charge in [-0.05, 0) is 24.3 Å². The molecule has 0 aliphatic carbocycles. The fourth-order valence-electron chi connectivity index (χ4n) is 1.87. The van der Waals surface area contributed by atoms with E-state index in [1.54, 1.807) is 13.3 Å². The normalized spacial score (nSPS) is 10.6. The molecule has 0 fully saturated rings. The van der Waals surface area contributed by atoms with Gasteiger partial charge in [-0.2, -0.15) is 0 Å². The predicted molar refractivity (Wildman–Crippen MR) is 102 cm³/mol. The number of hydrogen-bond donors (Lipinski definition) is 3. The van der Waals surface area contributed by atoms with Crippen molar-refractivity contribution in [1.29, 1.82) is 0 Å². The van der Waals surface area contributed by atoms with E-state index in [0.29, 0.717) is 12.5 Å². The number of hydrogen-bond acceptors (Lipinski definition) is 3. The second-order valence-electron chi connectivity index (χ2n) is 4.60. The number of rotatable bonds is 6. The van der Waals surface area contributed by atoms with Crippen LogP contribution in [-0.4, -0.2) is 32.0 Å². The second-order valence-corrected chi connectivity index (χ2v) is 4.60. The first-order chi connectivity index (χ1) is 10.8. The highest BCUT2D eigenvalue weighted by Gasteiger charge is 2.04. The first kappa shape index (κ1) is 19.0. The summed E-state index contributed by atoms with van der Waals surface area (Å²) in [5.74, 6) is 1.36. The Morgan fingerprint density at radius 3 is 2.57 bits per heavy atom. The molecule has 1 aromatic heterocycles. The average molecular weight is 428 g/mol. The van der Waals surface area contributed by atoms with Gasteiger partial charge in [-0.1, -0.05) is 18.2 Å². The van der Waals surface area contributed by atoms with Gasteiger partial charge in [0.15, 0.2) is 5.96 Å². The third-order valence-corrected chi connectivity index (χ3v) is 2.94. The van der Waals surface area contributed by atoms with Crippen molar-refractivity contribution in [3.05, 3.63) is 54.5 Å². The van der Waals surface area contributed by atoms with Crippen LogP contribution in [0.3, 0.4) is 0 Å². The van der Waals surface area contributed by atoms with Crippen LogP contribution in [0.25, 0.3) is 0 Å². The van der Waals surface area contributed by atoms with Crippen molar-refractivity contribution in [3.63, 3.8) is 0 Å². The average Bonchev–Trinajstić information content (AvgIpc) is 3.05. The van der Waals surface area contributed by atoms with Gasteiger partial charge in [0.2, 0.25) is 5.91 Å². The molecule has 1 amide bonds. The second kappa shape index (κ2) is 10.7. The molecule has 124 valence electrons. The number of carbonyl (C=O) groups is 1. The van der Waals surface area contributed by atoms with Crippen LogP contribution in [0, 0.1) is 0 Å². The molecule has 2 aromatic rings. The Balaban J connectivity index is 0.00000264. The predicted octanol–water partition coefficient (Wildman–Crippen LogP) is 2.24. The molecule has 1 aromatic carbocycles. The van der Waals surface area contributed by atoms with Crippen molar-refractivity contribution in [2.45, 2.75) is 6.42 Å². The van der Waals surface area contributed by atoms with Gasteiger partial charge in [-0.15, -0.1) is 24.0 Å². The molecule has 0 spiro atoms. The largest absolute Gasteiger partial charge is 0.469 e. The van der Waals surface area contributed by atoms with E-state index in [1.165, 1.54) is 0 Å². The van der Waals surface area contributed by atoms with Crippen LogP contribution in [0.2, 0.25) is 0 Å². The number of amides is 1. The maximum atomic E-state index is 11.8. The van der Waals surface area contributed by atoms with Crippen molar-refractivity contribution in [3.8, 4) is 0 Å². The summed E-state index contributed by atoms with van der Waals surface area (Å²) in [7, 11) is 1.66. The molecule has 23 heavy (non-hydrogen) atoms. The highest BCUT2D eigenvalue weighted by atomic mass is 127. The van der Waals surface area contributed by atoms with Gasteiger partial charge in [-0.25, -0.2) is 0 Å². The molecule has 0 unspecified atom stereocenters. The van der Waals surface area contributed by atoms with E-state index >= 15 is 0 Å². The lowest BCUT2D eigenvalue weighted by Gasteiger charge is -2.11. The molecule has 0 atom stereocenters. The third kappa shape index (κ3) is 7.18. The number of halogens is 1. The lowest BCUT2D eigenvalue weighted by Crippen LogP contribution is -2.42. The molecule has 7 heteroatoms. The molecule has 1 heterocycles. The molecular weight excluding hydrogens is 407 g/mol. The van der Waals surface area contributed by atoms with Crippen LogP contribution in [0.15, 0.2) is 58.1 Å². The first-order valence-corrected chi connectivity index (χ1v) is 7.10. The highest BCUT2D eigenvalue weighted by Crippen LogP contribution is 2.03. The molecule has 0 aliphatic heterocycles. The number of furan rings is 1. The number of carbonyl (C=O) groups excluding carboxylic acids is 1. The van der Waals surface area contributed by atoms with Crippen LogP contribution in [-0.2, 0) is 11.2 Å². The van der Waals surface area contributed by atoms with Gasteiger partial charge >= 0.3 is 0 Å². The zero-order valence-electron chi connectivity index (χ0n) is 12.9. The molecule has 6 nitrogen and oxygen atoms in total. The molecule has 0 radical (unpaired) electrons. The maximum Gasteiger partial charge on any atom is 0.243 e. The minimum Gasteiger partial charge on any atom is -0.469 e. The van der Waals surface area contributed by atoms with Crippen molar-refractivity contribution in [2.75, 3.05) is 25.5 Å². The van der Waals surface area contributed by atoms with Crippen LogP contribution in [0.1, 0.15) is 5.76 Å². The Labute approximate surface area is 152 Å². The lowest BCUT2D eigenvalue weighted by molar-refractivity contribution is -0.115. The maximum absolute atomic E-state index is 11.8. The number of aliphatic imine (C=N–C) groups is 1. The fraction of sp³-hybridized carbons (Fsp3) is 0.250. The van der Waals surface area contributed by atoms with Gasteiger partial charge in [0.1, 0.15) is 5.76 Å². The molecule has 0 saturated carbocycles. The summed E-state index contributed by atoms with van der Waals surface area (Å²) in [5, 5.41) is 8.89. The van der Waals surface area contributed by atoms with Gasteiger partial charge in [0.05, 0.1) is 12.8 Å². The van der Waals surface area contributed by atoms with E-state index in [1.807, 2.05) is 42.5 Å². The highest BCUT2D eigenvalue weighted by molar-refractivity contribution is 14.0. The molecule has 2 rings (SSSR count). The van der Waals surface area contributed by atoms with Gasteiger partial charge in [0.25, 0.3) is 0 Å². The van der Waals surface area contributed by atoms with E-state index in [0.717, 1.165) is 17.9 Å². The Hall–Kier alpha value is -2.03. The van der Waals surface area contributed by atoms with Gasteiger partial charge in [-0.3, -0.25) is 9.79 Å².